The van der Waals surface area contributed by atoms with E-state index in [-0.39, 0.29) is 0 Å². The lowest BCUT2D eigenvalue weighted by atomic mass is 10.2. The third-order valence-electron chi connectivity index (χ3n) is 3.42. The summed E-state index contributed by atoms with van der Waals surface area (Å²) in [4.78, 5) is 0. The van der Waals surface area contributed by atoms with Gasteiger partial charge < -0.3 is 14.2 Å². The SMILES string of the molecule is COc1ccccc1OCCn1nc2ccccc2c1OC. The van der Waals surface area contributed by atoms with Gasteiger partial charge in [0.15, 0.2) is 11.5 Å². The number of rotatable bonds is 6. The van der Waals surface area contributed by atoms with Crippen LogP contribution in [-0.2, 0) is 6.54 Å². The number of para-hydroxylation sites is 2. The Bertz CT molecular complexity index is 767. The molecular weight excluding hydrogens is 280 g/mol. The summed E-state index contributed by atoms with van der Waals surface area (Å²) in [6, 6.07) is 15.5. The highest BCUT2D eigenvalue weighted by Crippen LogP contribution is 2.27. The fraction of sp³-hybridized carbons (Fsp3) is 0.235. The Labute approximate surface area is 129 Å². The van der Waals surface area contributed by atoms with Crippen molar-refractivity contribution in [1.82, 2.24) is 9.78 Å². The van der Waals surface area contributed by atoms with Crippen molar-refractivity contribution < 1.29 is 14.2 Å². The van der Waals surface area contributed by atoms with Gasteiger partial charge in [0.1, 0.15) is 6.61 Å². The average molecular weight is 298 g/mol. The second kappa shape index (κ2) is 6.39. The maximum absolute atomic E-state index is 5.79. The van der Waals surface area contributed by atoms with Crippen molar-refractivity contribution in [3.05, 3.63) is 48.5 Å². The van der Waals surface area contributed by atoms with Crippen LogP contribution in [0.1, 0.15) is 0 Å². The van der Waals surface area contributed by atoms with Crippen LogP contribution >= 0.6 is 0 Å². The van der Waals surface area contributed by atoms with Gasteiger partial charge in [0, 0.05) is 0 Å². The monoisotopic (exact) mass is 298 g/mol. The highest BCUT2D eigenvalue weighted by Gasteiger charge is 2.11. The average Bonchev–Trinajstić information content (AvgIpc) is 2.92. The number of ether oxygens (including phenoxy) is 3. The first kappa shape index (κ1) is 14.3. The molecule has 0 unspecified atom stereocenters. The second-order valence-electron chi connectivity index (χ2n) is 4.75. The van der Waals surface area contributed by atoms with Crippen molar-refractivity contribution in [2.24, 2.45) is 0 Å². The van der Waals surface area contributed by atoms with Crippen molar-refractivity contribution in [2.45, 2.75) is 6.54 Å². The fourth-order valence-corrected chi connectivity index (χ4v) is 2.40. The molecule has 1 aromatic heterocycles. The van der Waals surface area contributed by atoms with Gasteiger partial charge >= 0.3 is 0 Å². The van der Waals surface area contributed by atoms with Crippen molar-refractivity contribution >= 4 is 10.9 Å². The van der Waals surface area contributed by atoms with E-state index in [4.69, 9.17) is 14.2 Å². The van der Waals surface area contributed by atoms with Gasteiger partial charge in [0.25, 0.3) is 0 Å². The molecule has 3 aromatic rings. The molecule has 114 valence electrons. The Morgan fingerprint density at radius 1 is 0.909 bits per heavy atom. The predicted octanol–water partition coefficient (Wildman–Crippen LogP) is 3.13. The molecule has 2 aromatic carbocycles. The second-order valence-corrected chi connectivity index (χ2v) is 4.75. The van der Waals surface area contributed by atoms with E-state index in [0.29, 0.717) is 13.2 Å². The highest BCUT2D eigenvalue weighted by molar-refractivity contribution is 5.84. The normalized spacial score (nSPS) is 10.6. The lowest BCUT2D eigenvalue weighted by molar-refractivity contribution is 0.263. The van der Waals surface area contributed by atoms with E-state index in [1.165, 1.54) is 0 Å². The van der Waals surface area contributed by atoms with Crippen LogP contribution in [0.3, 0.4) is 0 Å². The highest BCUT2D eigenvalue weighted by atomic mass is 16.5. The van der Waals surface area contributed by atoms with E-state index in [1.807, 2.05) is 53.2 Å². The number of fused-ring (bicyclic) bond motifs is 1. The standard InChI is InChI=1S/C17H18N2O3/c1-20-15-9-5-6-10-16(15)22-12-11-19-17(21-2)13-7-3-4-8-14(13)18-19/h3-10H,11-12H2,1-2H3. The fourth-order valence-electron chi connectivity index (χ4n) is 2.40. The van der Waals surface area contributed by atoms with E-state index in [0.717, 1.165) is 28.3 Å². The summed E-state index contributed by atoms with van der Waals surface area (Å²) >= 11 is 0. The molecule has 0 saturated carbocycles. The maximum Gasteiger partial charge on any atom is 0.219 e. The molecule has 1 heterocycles. The first-order chi connectivity index (χ1) is 10.8. The number of hydrogen-bond donors (Lipinski definition) is 0. The number of nitrogens with zero attached hydrogens (tertiary/aromatic N) is 2. The number of hydrogen-bond acceptors (Lipinski definition) is 4. The number of benzene rings is 2. The summed E-state index contributed by atoms with van der Waals surface area (Å²) in [5.41, 5.74) is 0.914. The molecule has 0 bridgehead atoms. The summed E-state index contributed by atoms with van der Waals surface area (Å²) in [5.74, 6) is 2.19. The third kappa shape index (κ3) is 2.70. The first-order valence-electron chi connectivity index (χ1n) is 7.09. The minimum absolute atomic E-state index is 0.477. The molecule has 0 fully saturated rings. The van der Waals surface area contributed by atoms with Gasteiger partial charge in [-0.3, -0.25) is 0 Å². The summed E-state index contributed by atoms with van der Waals surface area (Å²) in [7, 11) is 3.28. The molecule has 0 amide bonds. The molecule has 0 aliphatic rings. The van der Waals surface area contributed by atoms with Gasteiger partial charge in [-0.1, -0.05) is 24.3 Å². The molecular formula is C17H18N2O3. The van der Waals surface area contributed by atoms with Gasteiger partial charge in [-0.2, -0.15) is 5.10 Å². The van der Waals surface area contributed by atoms with E-state index < -0.39 is 0 Å². The summed E-state index contributed by atoms with van der Waals surface area (Å²) < 4.78 is 18.3. The van der Waals surface area contributed by atoms with Crippen LogP contribution in [0, 0.1) is 0 Å². The lowest BCUT2D eigenvalue weighted by Crippen LogP contribution is -2.11. The van der Waals surface area contributed by atoms with Crippen molar-refractivity contribution in [1.29, 1.82) is 0 Å². The zero-order valence-electron chi connectivity index (χ0n) is 12.7. The molecule has 5 nitrogen and oxygen atoms in total. The predicted molar refractivity (Wildman–Crippen MR) is 84.8 cm³/mol. The van der Waals surface area contributed by atoms with Crippen LogP contribution in [0.25, 0.3) is 10.9 Å². The van der Waals surface area contributed by atoms with Crippen molar-refractivity contribution in [3.63, 3.8) is 0 Å². The lowest BCUT2D eigenvalue weighted by Gasteiger charge is -2.11. The van der Waals surface area contributed by atoms with Crippen molar-refractivity contribution in [2.75, 3.05) is 20.8 Å². The Hall–Kier alpha value is -2.69. The van der Waals surface area contributed by atoms with Gasteiger partial charge in [-0.15, -0.1) is 0 Å². The van der Waals surface area contributed by atoms with E-state index in [9.17, 15) is 0 Å². The topological polar surface area (TPSA) is 45.5 Å². The zero-order valence-corrected chi connectivity index (χ0v) is 12.7. The summed E-state index contributed by atoms with van der Waals surface area (Å²) in [6.45, 7) is 1.07. The molecule has 5 heteroatoms. The van der Waals surface area contributed by atoms with Crippen LogP contribution in [0.4, 0.5) is 0 Å². The van der Waals surface area contributed by atoms with E-state index >= 15 is 0 Å². The number of aromatic nitrogens is 2. The molecule has 0 aliphatic carbocycles. The molecule has 3 rings (SSSR count). The molecule has 0 spiro atoms. The Kier molecular flexibility index (Phi) is 4.14. The van der Waals surface area contributed by atoms with Crippen LogP contribution in [-0.4, -0.2) is 30.6 Å². The van der Waals surface area contributed by atoms with Crippen LogP contribution in [0.15, 0.2) is 48.5 Å². The van der Waals surface area contributed by atoms with E-state index in [1.54, 1.807) is 14.2 Å². The first-order valence-corrected chi connectivity index (χ1v) is 7.09. The minimum atomic E-state index is 0.477. The third-order valence-corrected chi connectivity index (χ3v) is 3.42. The van der Waals surface area contributed by atoms with Gasteiger partial charge in [0.2, 0.25) is 5.88 Å². The number of methoxy groups -OCH3 is 2. The largest absolute Gasteiger partial charge is 0.493 e. The molecule has 0 saturated heterocycles. The summed E-state index contributed by atoms with van der Waals surface area (Å²) in [5, 5.41) is 5.54. The summed E-state index contributed by atoms with van der Waals surface area (Å²) in [6.07, 6.45) is 0. The molecule has 0 radical (unpaired) electrons. The van der Waals surface area contributed by atoms with Crippen LogP contribution in [0.2, 0.25) is 0 Å². The van der Waals surface area contributed by atoms with Gasteiger partial charge in [-0.05, 0) is 24.3 Å². The maximum atomic E-state index is 5.79. The van der Waals surface area contributed by atoms with Gasteiger partial charge in [0.05, 0.1) is 31.7 Å². The van der Waals surface area contributed by atoms with Crippen LogP contribution in [0.5, 0.6) is 17.4 Å². The molecule has 0 atom stereocenters. The zero-order chi connectivity index (χ0) is 15.4. The van der Waals surface area contributed by atoms with Crippen molar-refractivity contribution in [3.8, 4) is 17.4 Å². The quantitative estimate of drug-likeness (QED) is 0.701. The minimum Gasteiger partial charge on any atom is -0.493 e. The van der Waals surface area contributed by atoms with Crippen LogP contribution < -0.4 is 14.2 Å². The van der Waals surface area contributed by atoms with E-state index in [2.05, 4.69) is 5.10 Å². The Morgan fingerprint density at radius 3 is 2.41 bits per heavy atom. The molecule has 22 heavy (non-hydrogen) atoms. The van der Waals surface area contributed by atoms with Gasteiger partial charge in [-0.25, -0.2) is 4.68 Å². The smallest absolute Gasteiger partial charge is 0.219 e. The Balaban J connectivity index is 1.74. The molecule has 0 N–H and O–H groups in total. The molecule has 0 aliphatic heterocycles. The Morgan fingerprint density at radius 2 is 1.64 bits per heavy atom.